The van der Waals surface area contributed by atoms with Crippen LogP contribution in [0.4, 0.5) is 0 Å². The lowest BCUT2D eigenvalue weighted by Crippen LogP contribution is -2.33. The third-order valence-electron chi connectivity index (χ3n) is 3.75. The quantitative estimate of drug-likeness (QED) is 0.667. The van der Waals surface area contributed by atoms with Crippen molar-refractivity contribution in [3.8, 4) is 0 Å². The van der Waals surface area contributed by atoms with Crippen molar-refractivity contribution >= 4 is 11.6 Å². The molecule has 1 fully saturated rings. The van der Waals surface area contributed by atoms with Gasteiger partial charge in [0.05, 0.1) is 6.61 Å². The normalized spacial score (nSPS) is 18.9. The Labute approximate surface area is 109 Å². The van der Waals surface area contributed by atoms with Crippen molar-refractivity contribution in [2.45, 2.75) is 31.6 Å². The average Bonchev–Trinajstić information content (AvgIpc) is 3.20. The summed E-state index contributed by atoms with van der Waals surface area (Å²) in [6, 6.07) is 10.5. The topological polar surface area (TPSA) is 9.23 Å². The van der Waals surface area contributed by atoms with E-state index in [1.54, 1.807) is 0 Å². The van der Waals surface area contributed by atoms with E-state index in [-0.39, 0.29) is 5.41 Å². The van der Waals surface area contributed by atoms with Crippen LogP contribution in [0.2, 0.25) is 0 Å². The van der Waals surface area contributed by atoms with E-state index >= 15 is 0 Å². The summed E-state index contributed by atoms with van der Waals surface area (Å²) >= 11 is 6.21. The molecule has 1 atom stereocenters. The summed E-state index contributed by atoms with van der Waals surface area (Å²) in [6.07, 6.45) is 3.70. The number of hydrogen-bond donors (Lipinski definition) is 0. The third-order valence-corrected chi connectivity index (χ3v) is 4.26. The van der Waals surface area contributed by atoms with Gasteiger partial charge in [0.25, 0.3) is 0 Å². The number of hydrogen-bond acceptors (Lipinski definition) is 1. The second kappa shape index (κ2) is 5.88. The first-order valence-corrected chi connectivity index (χ1v) is 7.03. The predicted molar refractivity (Wildman–Crippen MR) is 72.7 cm³/mol. The molecule has 2 rings (SSSR count). The fourth-order valence-corrected chi connectivity index (χ4v) is 2.52. The molecule has 1 aliphatic rings. The maximum Gasteiger partial charge on any atom is 0.0574 e. The Hall–Kier alpha value is -0.530. The van der Waals surface area contributed by atoms with Crippen LogP contribution in [0.15, 0.2) is 30.3 Å². The average molecular weight is 253 g/mol. The second-order valence-corrected chi connectivity index (χ2v) is 5.36. The second-order valence-electron chi connectivity index (χ2n) is 5.09. The molecule has 1 nitrogen and oxygen atoms in total. The maximum absolute atomic E-state index is 6.21. The van der Waals surface area contributed by atoms with Crippen molar-refractivity contribution < 1.29 is 4.74 Å². The molecule has 1 aromatic carbocycles. The van der Waals surface area contributed by atoms with E-state index in [2.05, 4.69) is 31.2 Å². The minimum atomic E-state index is -0.0162. The number of alkyl halides is 1. The van der Waals surface area contributed by atoms with Crippen LogP contribution in [-0.2, 0) is 10.2 Å². The van der Waals surface area contributed by atoms with Crippen molar-refractivity contribution in [3.63, 3.8) is 0 Å². The molecular weight excluding hydrogens is 232 g/mol. The zero-order valence-corrected chi connectivity index (χ0v) is 11.2. The molecule has 2 heteroatoms. The van der Waals surface area contributed by atoms with Crippen LogP contribution in [0.5, 0.6) is 0 Å². The summed E-state index contributed by atoms with van der Waals surface area (Å²) in [5.41, 5.74) is 1.28. The molecule has 1 aliphatic carbocycles. The zero-order chi connectivity index (χ0) is 12.1. The molecule has 0 amide bonds. The van der Waals surface area contributed by atoms with Crippen LogP contribution in [0.25, 0.3) is 0 Å². The number of halogens is 1. The van der Waals surface area contributed by atoms with E-state index in [9.17, 15) is 0 Å². The predicted octanol–water partition coefficient (Wildman–Crippen LogP) is 4.00. The van der Waals surface area contributed by atoms with Gasteiger partial charge in [-0.3, -0.25) is 0 Å². The lowest BCUT2D eigenvalue weighted by molar-refractivity contribution is 0.0803. The van der Waals surface area contributed by atoms with Crippen molar-refractivity contribution in [1.29, 1.82) is 0 Å². The number of benzene rings is 1. The van der Waals surface area contributed by atoms with E-state index in [0.29, 0.717) is 5.88 Å². The van der Waals surface area contributed by atoms with E-state index in [1.807, 2.05) is 6.07 Å². The van der Waals surface area contributed by atoms with Gasteiger partial charge in [0.15, 0.2) is 0 Å². The van der Waals surface area contributed by atoms with Gasteiger partial charge in [-0.25, -0.2) is 0 Å². The minimum Gasteiger partial charge on any atom is -0.380 e. The molecule has 0 radical (unpaired) electrons. The Morgan fingerprint density at radius 3 is 2.53 bits per heavy atom. The van der Waals surface area contributed by atoms with Crippen molar-refractivity contribution in [3.05, 3.63) is 35.9 Å². The summed E-state index contributed by atoms with van der Waals surface area (Å²) in [5.74, 6) is 1.44. The van der Waals surface area contributed by atoms with Gasteiger partial charge in [-0.05, 0) is 30.7 Å². The molecule has 1 unspecified atom stereocenters. The highest BCUT2D eigenvalue weighted by molar-refractivity contribution is 6.18. The molecule has 1 aromatic rings. The molecule has 0 heterocycles. The first-order chi connectivity index (χ1) is 8.30. The van der Waals surface area contributed by atoms with E-state index in [1.165, 1.54) is 18.4 Å². The van der Waals surface area contributed by atoms with Gasteiger partial charge in [-0.1, -0.05) is 37.3 Å². The molecule has 0 aromatic heterocycles. The van der Waals surface area contributed by atoms with Crippen molar-refractivity contribution in [1.82, 2.24) is 0 Å². The highest BCUT2D eigenvalue weighted by atomic mass is 35.5. The van der Waals surface area contributed by atoms with Gasteiger partial charge in [0.2, 0.25) is 0 Å². The lowest BCUT2D eigenvalue weighted by atomic mass is 9.80. The number of ether oxygens (including phenoxy) is 1. The Bertz CT molecular complexity index is 328. The van der Waals surface area contributed by atoms with Crippen molar-refractivity contribution in [2.24, 2.45) is 5.92 Å². The Kier molecular flexibility index (Phi) is 4.47. The van der Waals surface area contributed by atoms with Crippen LogP contribution in [0.3, 0.4) is 0 Å². The third kappa shape index (κ3) is 3.23. The monoisotopic (exact) mass is 252 g/mol. The zero-order valence-electron chi connectivity index (χ0n) is 10.5. The summed E-state index contributed by atoms with van der Waals surface area (Å²) < 4.78 is 5.87. The van der Waals surface area contributed by atoms with Gasteiger partial charge in [-0.2, -0.15) is 0 Å². The first-order valence-electron chi connectivity index (χ1n) is 6.50. The summed E-state index contributed by atoms with van der Waals surface area (Å²) in [7, 11) is 0. The molecule has 94 valence electrons. The highest BCUT2D eigenvalue weighted by Gasteiger charge is 2.31. The molecule has 17 heavy (non-hydrogen) atoms. The fraction of sp³-hybridized carbons (Fsp3) is 0.600. The molecular formula is C15H21ClO. The molecule has 0 N–H and O–H groups in total. The van der Waals surface area contributed by atoms with Crippen LogP contribution in [0, 0.1) is 5.92 Å². The molecule has 0 aliphatic heterocycles. The number of rotatable bonds is 7. The Morgan fingerprint density at radius 2 is 2.00 bits per heavy atom. The van der Waals surface area contributed by atoms with Crippen LogP contribution in [0.1, 0.15) is 31.7 Å². The molecule has 0 spiro atoms. The van der Waals surface area contributed by atoms with Gasteiger partial charge in [0.1, 0.15) is 0 Å². The minimum absolute atomic E-state index is 0.0162. The van der Waals surface area contributed by atoms with E-state index in [0.717, 1.165) is 25.6 Å². The van der Waals surface area contributed by atoms with Gasteiger partial charge in [-0.15, -0.1) is 11.6 Å². The largest absolute Gasteiger partial charge is 0.380 e. The fourth-order valence-electron chi connectivity index (χ4n) is 2.10. The van der Waals surface area contributed by atoms with Gasteiger partial charge < -0.3 is 4.74 Å². The first kappa shape index (κ1) is 12.9. The SMILES string of the molecule is CCC(CCl)(COCC1CC1)c1ccccc1. The van der Waals surface area contributed by atoms with Gasteiger partial charge in [0, 0.05) is 17.9 Å². The lowest BCUT2D eigenvalue weighted by Gasteiger charge is -2.31. The highest BCUT2D eigenvalue weighted by Crippen LogP contribution is 2.32. The molecule has 0 saturated heterocycles. The Balaban J connectivity index is 2.01. The van der Waals surface area contributed by atoms with Crippen LogP contribution >= 0.6 is 11.6 Å². The van der Waals surface area contributed by atoms with Crippen LogP contribution < -0.4 is 0 Å². The standard InChI is InChI=1S/C15H21ClO/c1-2-15(11-16,12-17-10-13-8-9-13)14-6-4-3-5-7-14/h3-7,13H,2,8-12H2,1H3. The Morgan fingerprint density at radius 1 is 1.29 bits per heavy atom. The molecule has 0 bridgehead atoms. The van der Waals surface area contributed by atoms with Gasteiger partial charge >= 0.3 is 0 Å². The van der Waals surface area contributed by atoms with E-state index in [4.69, 9.17) is 16.3 Å². The van der Waals surface area contributed by atoms with Crippen LogP contribution in [-0.4, -0.2) is 19.1 Å². The summed E-state index contributed by atoms with van der Waals surface area (Å²) in [5, 5.41) is 0. The maximum atomic E-state index is 6.21. The van der Waals surface area contributed by atoms with E-state index < -0.39 is 0 Å². The summed E-state index contributed by atoms with van der Waals surface area (Å²) in [4.78, 5) is 0. The molecule has 1 saturated carbocycles. The van der Waals surface area contributed by atoms with Crippen molar-refractivity contribution in [2.75, 3.05) is 19.1 Å². The smallest absolute Gasteiger partial charge is 0.0574 e. The summed E-state index contributed by atoms with van der Waals surface area (Å²) in [6.45, 7) is 3.84.